The van der Waals surface area contributed by atoms with Crippen LogP contribution in [0.4, 0.5) is 9.18 Å². The molecule has 0 bridgehead atoms. The van der Waals surface area contributed by atoms with Crippen LogP contribution in [0.5, 0.6) is 0 Å². The van der Waals surface area contributed by atoms with Gasteiger partial charge in [0.2, 0.25) is 0 Å². The van der Waals surface area contributed by atoms with Gasteiger partial charge in [0.25, 0.3) is 11.1 Å². The number of hydrogen-bond acceptors (Lipinski definition) is 4. The molecule has 4 nitrogen and oxygen atoms in total. The number of imide groups is 1. The molecule has 2 amide bonds. The lowest BCUT2D eigenvalue weighted by molar-refractivity contribution is -0.122. The fraction of sp³-hybridized carbons (Fsp3) is 0.0556. The van der Waals surface area contributed by atoms with E-state index in [0.29, 0.717) is 16.1 Å². The first-order valence-electron chi connectivity index (χ1n) is 7.24. The fourth-order valence-electron chi connectivity index (χ4n) is 2.22. The van der Waals surface area contributed by atoms with Crippen LogP contribution in [-0.2, 0) is 4.79 Å². The Morgan fingerprint density at radius 2 is 1.72 bits per heavy atom. The number of carbonyl (C=O) groups is 3. The van der Waals surface area contributed by atoms with Crippen LogP contribution in [0.2, 0.25) is 5.02 Å². The quantitative estimate of drug-likeness (QED) is 0.587. The highest BCUT2D eigenvalue weighted by Gasteiger charge is 2.36. The molecule has 126 valence electrons. The summed E-state index contributed by atoms with van der Waals surface area (Å²) in [5.74, 6) is -1.29. The minimum absolute atomic E-state index is 0.195. The molecule has 1 aliphatic rings. The molecule has 25 heavy (non-hydrogen) atoms. The number of Topliss-reactive ketones (excluding diaryl/α,β-unsaturated/α-hetero) is 1. The summed E-state index contributed by atoms with van der Waals surface area (Å²) in [7, 11) is 0. The maximum Gasteiger partial charge on any atom is 0.293 e. The van der Waals surface area contributed by atoms with Crippen molar-refractivity contribution >= 4 is 46.4 Å². The third kappa shape index (κ3) is 3.97. The molecule has 7 heteroatoms. The number of benzene rings is 2. The Morgan fingerprint density at radius 3 is 2.36 bits per heavy atom. The van der Waals surface area contributed by atoms with Crippen molar-refractivity contribution in [2.45, 2.75) is 0 Å². The van der Waals surface area contributed by atoms with Crippen molar-refractivity contribution in [2.24, 2.45) is 0 Å². The Labute approximate surface area is 152 Å². The highest BCUT2D eigenvalue weighted by atomic mass is 35.5. The molecule has 0 radical (unpaired) electrons. The Morgan fingerprint density at radius 1 is 1.08 bits per heavy atom. The minimum Gasteiger partial charge on any atom is -0.292 e. The van der Waals surface area contributed by atoms with Crippen molar-refractivity contribution < 1.29 is 18.8 Å². The van der Waals surface area contributed by atoms with E-state index in [1.54, 1.807) is 12.1 Å². The Kier molecular flexibility index (Phi) is 5.01. The van der Waals surface area contributed by atoms with Gasteiger partial charge in [0.15, 0.2) is 5.78 Å². The van der Waals surface area contributed by atoms with Crippen LogP contribution in [0.15, 0.2) is 53.4 Å². The second-order valence-electron chi connectivity index (χ2n) is 5.25. The van der Waals surface area contributed by atoms with Gasteiger partial charge in [-0.15, -0.1) is 0 Å². The van der Waals surface area contributed by atoms with E-state index >= 15 is 0 Å². The molecule has 0 spiro atoms. The van der Waals surface area contributed by atoms with Crippen LogP contribution < -0.4 is 0 Å². The van der Waals surface area contributed by atoms with E-state index in [1.807, 2.05) is 0 Å². The highest BCUT2D eigenvalue weighted by Crippen LogP contribution is 2.32. The second kappa shape index (κ2) is 7.21. The molecule has 1 saturated heterocycles. The number of rotatable bonds is 4. The molecule has 2 aromatic carbocycles. The third-order valence-electron chi connectivity index (χ3n) is 3.51. The molecule has 0 atom stereocenters. The zero-order chi connectivity index (χ0) is 18.0. The first kappa shape index (κ1) is 17.4. The van der Waals surface area contributed by atoms with Crippen LogP contribution in [0, 0.1) is 5.82 Å². The number of ketones is 1. The molecule has 0 saturated carbocycles. The van der Waals surface area contributed by atoms with E-state index in [-0.39, 0.29) is 23.1 Å². The summed E-state index contributed by atoms with van der Waals surface area (Å²) in [6.45, 7) is -0.340. The van der Waals surface area contributed by atoms with E-state index < -0.39 is 11.1 Å². The minimum atomic E-state index is -0.540. The largest absolute Gasteiger partial charge is 0.293 e. The number of thioether (sulfide) groups is 1. The van der Waals surface area contributed by atoms with Crippen LogP contribution in [-0.4, -0.2) is 28.4 Å². The lowest BCUT2D eigenvalue weighted by atomic mass is 10.1. The number of halogens is 2. The van der Waals surface area contributed by atoms with Crippen LogP contribution in [0.25, 0.3) is 6.08 Å². The number of hydrogen-bond donors (Lipinski definition) is 0. The molecular formula is C18H11ClFNO3S. The van der Waals surface area contributed by atoms with Gasteiger partial charge in [0, 0.05) is 10.6 Å². The summed E-state index contributed by atoms with van der Waals surface area (Å²) in [6, 6.07) is 11.7. The van der Waals surface area contributed by atoms with Crippen LogP contribution >= 0.6 is 23.4 Å². The number of amides is 2. The molecule has 0 unspecified atom stereocenters. The molecule has 3 rings (SSSR count). The average molecular weight is 376 g/mol. The molecule has 2 aromatic rings. The van der Waals surface area contributed by atoms with Gasteiger partial charge in [-0.2, -0.15) is 0 Å². The second-order valence-corrected chi connectivity index (χ2v) is 6.68. The van der Waals surface area contributed by atoms with Gasteiger partial charge in [-0.3, -0.25) is 19.3 Å². The van der Waals surface area contributed by atoms with E-state index in [4.69, 9.17) is 11.6 Å². The van der Waals surface area contributed by atoms with Crippen molar-refractivity contribution in [3.05, 3.63) is 75.4 Å². The van der Waals surface area contributed by atoms with Gasteiger partial charge in [0.05, 0.1) is 11.4 Å². The molecule has 1 aliphatic heterocycles. The fourth-order valence-corrected chi connectivity index (χ4v) is 3.18. The lowest BCUT2D eigenvalue weighted by Crippen LogP contribution is -2.33. The maximum absolute atomic E-state index is 12.9. The number of nitrogens with zero attached hydrogens (tertiary/aromatic N) is 1. The van der Waals surface area contributed by atoms with Crippen molar-refractivity contribution in [1.82, 2.24) is 4.90 Å². The van der Waals surface area contributed by atoms with Gasteiger partial charge in [-0.1, -0.05) is 23.7 Å². The van der Waals surface area contributed by atoms with Gasteiger partial charge in [-0.05, 0) is 59.8 Å². The first-order valence-corrected chi connectivity index (χ1v) is 8.43. The summed E-state index contributed by atoms with van der Waals surface area (Å²) in [4.78, 5) is 37.8. The molecule has 0 N–H and O–H groups in total. The molecule has 1 fully saturated rings. The Hall–Kier alpha value is -2.44. The number of carbonyl (C=O) groups excluding carboxylic acids is 3. The molecule has 0 aliphatic carbocycles. The zero-order valence-corrected chi connectivity index (χ0v) is 14.3. The summed E-state index contributed by atoms with van der Waals surface area (Å²) < 4.78 is 12.9. The highest BCUT2D eigenvalue weighted by molar-refractivity contribution is 8.18. The van der Waals surface area contributed by atoms with Crippen molar-refractivity contribution in [1.29, 1.82) is 0 Å². The Balaban J connectivity index is 1.76. The monoisotopic (exact) mass is 375 g/mol. The lowest BCUT2D eigenvalue weighted by Gasteiger charge is -2.11. The van der Waals surface area contributed by atoms with Crippen LogP contribution in [0.3, 0.4) is 0 Å². The van der Waals surface area contributed by atoms with Gasteiger partial charge in [-0.25, -0.2) is 4.39 Å². The van der Waals surface area contributed by atoms with Crippen LogP contribution in [0.1, 0.15) is 15.9 Å². The van der Waals surface area contributed by atoms with E-state index in [9.17, 15) is 18.8 Å². The predicted molar refractivity (Wildman–Crippen MR) is 94.9 cm³/mol. The Bertz CT molecular complexity index is 878. The summed E-state index contributed by atoms with van der Waals surface area (Å²) >= 11 is 6.53. The van der Waals surface area contributed by atoms with Gasteiger partial charge < -0.3 is 0 Å². The summed E-state index contributed by atoms with van der Waals surface area (Å²) in [6.07, 6.45) is 1.50. The van der Waals surface area contributed by atoms with Crippen molar-refractivity contribution in [2.75, 3.05) is 6.54 Å². The smallest absolute Gasteiger partial charge is 0.292 e. The summed E-state index contributed by atoms with van der Waals surface area (Å²) in [5.41, 5.74) is 0.960. The standard InChI is InChI=1S/C18H11ClFNO3S/c19-13-5-3-12(4-6-13)15(22)10-21-17(23)16(25-18(21)24)9-11-1-7-14(20)8-2-11/h1-9H,10H2/b16-9-. The van der Waals surface area contributed by atoms with E-state index in [1.165, 1.54) is 42.5 Å². The normalized spacial score (nSPS) is 15.9. The van der Waals surface area contributed by atoms with Gasteiger partial charge in [0.1, 0.15) is 5.82 Å². The van der Waals surface area contributed by atoms with Gasteiger partial charge >= 0.3 is 0 Å². The van der Waals surface area contributed by atoms with E-state index in [2.05, 4.69) is 0 Å². The van der Waals surface area contributed by atoms with Crippen molar-refractivity contribution in [3.63, 3.8) is 0 Å². The third-order valence-corrected chi connectivity index (χ3v) is 4.67. The SMILES string of the molecule is O=C(CN1C(=O)S/C(=C\c2ccc(F)cc2)C1=O)c1ccc(Cl)cc1. The average Bonchev–Trinajstić information content (AvgIpc) is 2.85. The summed E-state index contributed by atoms with van der Waals surface area (Å²) in [5, 5.41) is -0.0226. The molecular weight excluding hydrogens is 365 g/mol. The van der Waals surface area contributed by atoms with E-state index in [0.717, 1.165) is 16.7 Å². The zero-order valence-electron chi connectivity index (χ0n) is 12.7. The first-order chi connectivity index (χ1) is 11.9. The predicted octanol–water partition coefficient (Wildman–Crippen LogP) is 4.40. The maximum atomic E-state index is 12.9. The molecule has 0 aromatic heterocycles. The molecule has 1 heterocycles. The van der Waals surface area contributed by atoms with Crippen molar-refractivity contribution in [3.8, 4) is 0 Å². The topological polar surface area (TPSA) is 54.5 Å².